The number of hydrogen-bond acceptors (Lipinski definition) is 4. The Kier molecular flexibility index (Phi) is 7.17. The summed E-state index contributed by atoms with van der Waals surface area (Å²) in [7, 11) is 0. The number of benzene rings is 3. The van der Waals surface area contributed by atoms with Crippen LogP contribution in [0.15, 0.2) is 72.8 Å². The van der Waals surface area contributed by atoms with Crippen LogP contribution in [0.1, 0.15) is 34.0 Å². The second-order valence-electron chi connectivity index (χ2n) is 7.22. The molecule has 31 heavy (non-hydrogen) atoms. The molecule has 0 bridgehead atoms. The molecule has 0 aliphatic rings. The van der Waals surface area contributed by atoms with E-state index >= 15 is 0 Å². The van der Waals surface area contributed by atoms with Crippen molar-refractivity contribution in [1.82, 2.24) is 5.32 Å². The first-order chi connectivity index (χ1) is 14.9. The molecule has 6 heteroatoms. The second-order valence-corrected chi connectivity index (χ2v) is 7.22. The van der Waals surface area contributed by atoms with Crippen molar-refractivity contribution in [2.45, 2.75) is 26.8 Å². The van der Waals surface area contributed by atoms with Crippen molar-refractivity contribution in [3.63, 3.8) is 0 Å². The number of ether oxygens (including phenoxy) is 1. The number of nitrogens with one attached hydrogen (secondary N) is 2. The summed E-state index contributed by atoms with van der Waals surface area (Å²) in [4.78, 5) is 35.8. The van der Waals surface area contributed by atoms with Gasteiger partial charge in [0.2, 0.25) is 5.91 Å². The summed E-state index contributed by atoms with van der Waals surface area (Å²) in [5, 5.41) is 5.72. The van der Waals surface area contributed by atoms with Crippen LogP contribution < -0.4 is 15.4 Å². The molecular weight excluding hydrogens is 392 g/mol. The molecule has 6 nitrogen and oxygen atoms in total. The standard InChI is InChI=1S/C25H24N2O4/c1-17-9-11-19(12-10-17)14-24(29)27-22-7-3-5-20(13-22)16-26-25(30)21-6-4-8-23(15-21)31-18(2)28/h3-13,15H,14,16H2,1-2H3,(H,26,30)(H,27,29). The first-order valence-corrected chi connectivity index (χ1v) is 9.90. The lowest BCUT2D eigenvalue weighted by atomic mass is 10.1. The van der Waals surface area contributed by atoms with Crippen LogP contribution in [0.4, 0.5) is 5.69 Å². The molecule has 0 saturated heterocycles. The van der Waals surface area contributed by atoms with Gasteiger partial charge in [0, 0.05) is 24.7 Å². The van der Waals surface area contributed by atoms with Crippen LogP contribution in [0.3, 0.4) is 0 Å². The Hall–Kier alpha value is -3.93. The van der Waals surface area contributed by atoms with E-state index in [1.807, 2.05) is 49.4 Å². The number of carbonyl (C=O) groups excluding carboxylic acids is 3. The van der Waals surface area contributed by atoms with Crippen LogP contribution in [0, 0.1) is 6.92 Å². The van der Waals surface area contributed by atoms with E-state index in [1.165, 1.54) is 13.0 Å². The maximum absolute atomic E-state index is 12.4. The van der Waals surface area contributed by atoms with Gasteiger partial charge >= 0.3 is 5.97 Å². The third-order valence-electron chi connectivity index (χ3n) is 4.51. The summed E-state index contributed by atoms with van der Waals surface area (Å²) in [6, 6.07) is 21.6. The van der Waals surface area contributed by atoms with E-state index in [0.29, 0.717) is 23.4 Å². The molecule has 0 radical (unpaired) electrons. The van der Waals surface area contributed by atoms with Crippen LogP contribution >= 0.6 is 0 Å². The Bertz CT molecular complexity index is 1090. The van der Waals surface area contributed by atoms with E-state index in [1.54, 1.807) is 24.3 Å². The van der Waals surface area contributed by atoms with Crippen LogP contribution in [-0.4, -0.2) is 17.8 Å². The van der Waals surface area contributed by atoms with Gasteiger partial charge in [-0.3, -0.25) is 14.4 Å². The van der Waals surface area contributed by atoms with Gasteiger partial charge in [-0.25, -0.2) is 0 Å². The van der Waals surface area contributed by atoms with Crippen molar-refractivity contribution in [3.05, 3.63) is 95.1 Å². The largest absolute Gasteiger partial charge is 0.427 e. The average molecular weight is 416 g/mol. The maximum Gasteiger partial charge on any atom is 0.308 e. The molecule has 158 valence electrons. The van der Waals surface area contributed by atoms with Crippen molar-refractivity contribution < 1.29 is 19.1 Å². The third kappa shape index (κ3) is 6.82. The number of carbonyl (C=O) groups is 3. The van der Waals surface area contributed by atoms with Gasteiger partial charge in [0.05, 0.1) is 6.42 Å². The highest BCUT2D eigenvalue weighted by Crippen LogP contribution is 2.15. The summed E-state index contributed by atoms with van der Waals surface area (Å²) < 4.78 is 5.01. The molecule has 3 aromatic rings. The molecular formula is C25H24N2O4. The molecule has 0 unspecified atom stereocenters. The highest BCUT2D eigenvalue weighted by atomic mass is 16.5. The number of anilines is 1. The Balaban J connectivity index is 1.56. The zero-order valence-corrected chi connectivity index (χ0v) is 17.5. The Morgan fingerprint density at radius 3 is 2.35 bits per heavy atom. The summed E-state index contributed by atoms with van der Waals surface area (Å²) in [6.07, 6.45) is 0.292. The fourth-order valence-corrected chi connectivity index (χ4v) is 3.01. The lowest BCUT2D eigenvalue weighted by Gasteiger charge is -2.10. The smallest absolute Gasteiger partial charge is 0.308 e. The van der Waals surface area contributed by atoms with Gasteiger partial charge in [-0.2, -0.15) is 0 Å². The highest BCUT2D eigenvalue weighted by Gasteiger charge is 2.09. The molecule has 0 fully saturated rings. The molecule has 2 amide bonds. The zero-order valence-electron chi connectivity index (χ0n) is 17.5. The van der Waals surface area contributed by atoms with Crippen molar-refractivity contribution >= 4 is 23.5 Å². The van der Waals surface area contributed by atoms with Gasteiger partial charge in [0.15, 0.2) is 0 Å². The topological polar surface area (TPSA) is 84.5 Å². The SMILES string of the molecule is CC(=O)Oc1cccc(C(=O)NCc2cccc(NC(=O)Cc3ccc(C)cc3)c2)c1. The number of amides is 2. The lowest BCUT2D eigenvalue weighted by Crippen LogP contribution is -2.23. The number of aryl methyl sites for hydroxylation is 1. The summed E-state index contributed by atoms with van der Waals surface area (Å²) >= 11 is 0. The van der Waals surface area contributed by atoms with E-state index in [9.17, 15) is 14.4 Å². The summed E-state index contributed by atoms with van der Waals surface area (Å²) in [5.74, 6) is -0.521. The van der Waals surface area contributed by atoms with Crippen molar-refractivity contribution in [3.8, 4) is 5.75 Å². The second kappa shape index (κ2) is 10.2. The predicted octanol–water partition coefficient (Wildman–Crippen LogP) is 4.03. The molecule has 3 rings (SSSR count). The minimum atomic E-state index is -0.446. The fraction of sp³-hybridized carbons (Fsp3) is 0.160. The molecule has 0 saturated carbocycles. The monoisotopic (exact) mass is 416 g/mol. The summed E-state index contributed by atoms with van der Waals surface area (Å²) in [6.45, 7) is 3.60. The fourth-order valence-electron chi connectivity index (χ4n) is 3.01. The number of hydrogen-bond donors (Lipinski definition) is 2. The minimum Gasteiger partial charge on any atom is -0.427 e. The van der Waals surface area contributed by atoms with E-state index in [2.05, 4.69) is 10.6 Å². The normalized spacial score (nSPS) is 10.3. The van der Waals surface area contributed by atoms with Gasteiger partial charge in [-0.15, -0.1) is 0 Å². The zero-order chi connectivity index (χ0) is 22.2. The third-order valence-corrected chi connectivity index (χ3v) is 4.51. The van der Waals surface area contributed by atoms with Gasteiger partial charge in [0.25, 0.3) is 5.91 Å². The van der Waals surface area contributed by atoms with Crippen LogP contribution in [0.2, 0.25) is 0 Å². The molecule has 0 spiro atoms. The number of rotatable bonds is 7. The maximum atomic E-state index is 12.4. The Morgan fingerprint density at radius 1 is 0.871 bits per heavy atom. The van der Waals surface area contributed by atoms with E-state index in [-0.39, 0.29) is 18.4 Å². The molecule has 2 N–H and O–H groups in total. The van der Waals surface area contributed by atoms with Crippen molar-refractivity contribution in [1.29, 1.82) is 0 Å². The highest BCUT2D eigenvalue weighted by molar-refractivity contribution is 5.95. The van der Waals surface area contributed by atoms with Crippen LogP contribution in [-0.2, 0) is 22.6 Å². The van der Waals surface area contributed by atoms with E-state index < -0.39 is 5.97 Å². The molecule has 0 aliphatic heterocycles. The predicted molar refractivity (Wildman–Crippen MR) is 119 cm³/mol. The number of esters is 1. The Labute approximate surface area is 181 Å². The molecule has 0 atom stereocenters. The van der Waals surface area contributed by atoms with Crippen molar-refractivity contribution in [2.75, 3.05) is 5.32 Å². The van der Waals surface area contributed by atoms with Gasteiger partial charge in [-0.1, -0.05) is 48.0 Å². The van der Waals surface area contributed by atoms with Gasteiger partial charge in [0.1, 0.15) is 5.75 Å². The van der Waals surface area contributed by atoms with Crippen molar-refractivity contribution in [2.24, 2.45) is 0 Å². The first kappa shape index (κ1) is 21.8. The van der Waals surface area contributed by atoms with Gasteiger partial charge < -0.3 is 15.4 Å². The Morgan fingerprint density at radius 2 is 1.61 bits per heavy atom. The molecule has 0 aromatic heterocycles. The molecule has 0 heterocycles. The van der Waals surface area contributed by atoms with Gasteiger partial charge in [-0.05, 0) is 48.4 Å². The van der Waals surface area contributed by atoms with Crippen LogP contribution in [0.25, 0.3) is 0 Å². The minimum absolute atomic E-state index is 0.104. The quantitative estimate of drug-likeness (QED) is 0.450. The lowest BCUT2D eigenvalue weighted by molar-refractivity contribution is -0.131. The van der Waals surface area contributed by atoms with E-state index in [4.69, 9.17) is 4.74 Å². The average Bonchev–Trinajstić information content (AvgIpc) is 2.73. The van der Waals surface area contributed by atoms with E-state index in [0.717, 1.165) is 16.7 Å². The molecule has 0 aliphatic carbocycles. The van der Waals surface area contributed by atoms with Crippen LogP contribution in [0.5, 0.6) is 5.75 Å². The molecule has 3 aromatic carbocycles. The first-order valence-electron chi connectivity index (χ1n) is 9.90. The summed E-state index contributed by atoms with van der Waals surface area (Å²) in [5.41, 5.74) is 4.00.